The summed E-state index contributed by atoms with van der Waals surface area (Å²) >= 11 is 0. The van der Waals surface area contributed by atoms with E-state index in [0.717, 1.165) is 13.0 Å². The number of nitrogens with zero attached hydrogens (tertiary/aromatic N) is 2. The Morgan fingerprint density at radius 1 is 1.78 bits per heavy atom. The van der Waals surface area contributed by atoms with Crippen LogP contribution in [-0.4, -0.2) is 24.3 Å². The van der Waals surface area contributed by atoms with Gasteiger partial charge in [0.25, 0.3) is 0 Å². The van der Waals surface area contributed by atoms with Crippen molar-refractivity contribution in [1.29, 1.82) is 0 Å². The highest BCUT2D eigenvalue weighted by molar-refractivity contribution is 5.83. The molecule has 0 bridgehead atoms. The molecule has 0 aliphatic carbocycles. The van der Waals surface area contributed by atoms with Gasteiger partial charge >= 0.3 is 0 Å². The Morgan fingerprint density at radius 2 is 2.56 bits per heavy atom. The summed E-state index contributed by atoms with van der Waals surface area (Å²) in [7, 11) is 2.03. The quantitative estimate of drug-likeness (QED) is 0.513. The molecule has 2 heteroatoms. The van der Waals surface area contributed by atoms with Crippen molar-refractivity contribution in [3.63, 3.8) is 0 Å². The molecule has 0 radical (unpaired) electrons. The summed E-state index contributed by atoms with van der Waals surface area (Å²) < 4.78 is 0. The molecule has 0 atom stereocenters. The Kier molecular flexibility index (Phi) is 1.88. The Balaban J connectivity index is 2.59. The third-order valence-electron chi connectivity index (χ3n) is 1.43. The molecule has 0 unspecified atom stereocenters. The van der Waals surface area contributed by atoms with Crippen molar-refractivity contribution in [1.82, 2.24) is 4.90 Å². The summed E-state index contributed by atoms with van der Waals surface area (Å²) in [6.07, 6.45) is 5.14. The van der Waals surface area contributed by atoms with Gasteiger partial charge in [0.1, 0.15) is 5.84 Å². The number of amidine groups is 1. The van der Waals surface area contributed by atoms with Crippen molar-refractivity contribution < 1.29 is 0 Å². The highest BCUT2D eigenvalue weighted by atomic mass is 15.2. The fraction of sp³-hybridized carbons (Fsp3) is 0.571. The van der Waals surface area contributed by atoms with Gasteiger partial charge in [-0.2, -0.15) is 0 Å². The zero-order valence-corrected chi connectivity index (χ0v) is 5.96. The fourth-order valence-corrected chi connectivity index (χ4v) is 0.922. The molecule has 1 heterocycles. The Hall–Kier alpha value is -0.790. The lowest BCUT2D eigenvalue weighted by Crippen LogP contribution is -2.22. The lowest BCUT2D eigenvalue weighted by molar-refractivity contribution is 0.651. The minimum atomic E-state index is 0.855. The van der Waals surface area contributed by atoms with E-state index in [1.807, 2.05) is 7.05 Å². The van der Waals surface area contributed by atoms with Gasteiger partial charge in [0, 0.05) is 19.7 Å². The standard InChI is InChI=1S/C7H12N2/c1-3-7-8-5-4-6-9(7)2/h4,6H,3,5H2,1-2H3. The smallest absolute Gasteiger partial charge is 0.103 e. The van der Waals surface area contributed by atoms with E-state index in [1.165, 1.54) is 5.84 Å². The average Bonchev–Trinajstić information content (AvgIpc) is 1.89. The van der Waals surface area contributed by atoms with Crippen molar-refractivity contribution in [3.8, 4) is 0 Å². The maximum atomic E-state index is 4.28. The highest BCUT2D eigenvalue weighted by Gasteiger charge is 2.01. The van der Waals surface area contributed by atoms with E-state index in [-0.39, 0.29) is 0 Å². The molecule has 9 heavy (non-hydrogen) atoms. The van der Waals surface area contributed by atoms with Crippen molar-refractivity contribution in [3.05, 3.63) is 12.3 Å². The second-order valence-electron chi connectivity index (χ2n) is 2.11. The maximum Gasteiger partial charge on any atom is 0.103 e. The van der Waals surface area contributed by atoms with Gasteiger partial charge in [-0.3, -0.25) is 4.99 Å². The molecule has 0 fully saturated rings. The first-order valence-electron chi connectivity index (χ1n) is 3.27. The molecule has 0 saturated heterocycles. The summed E-state index contributed by atoms with van der Waals surface area (Å²) in [5.74, 6) is 1.18. The van der Waals surface area contributed by atoms with Crippen LogP contribution in [0.4, 0.5) is 0 Å². The lowest BCUT2D eigenvalue weighted by atomic mass is 10.3. The van der Waals surface area contributed by atoms with E-state index in [1.54, 1.807) is 0 Å². The zero-order valence-electron chi connectivity index (χ0n) is 5.96. The van der Waals surface area contributed by atoms with E-state index >= 15 is 0 Å². The second kappa shape index (κ2) is 2.67. The first-order valence-corrected chi connectivity index (χ1v) is 3.27. The van der Waals surface area contributed by atoms with Crippen LogP contribution < -0.4 is 0 Å². The molecule has 0 aromatic carbocycles. The van der Waals surface area contributed by atoms with E-state index in [2.05, 4.69) is 29.1 Å². The molecule has 2 nitrogen and oxygen atoms in total. The van der Waals surface area contributed by atoms with Crippen LogP contribution in [0.3, 0.4) is 0 Å². The molecule has 1 rings (SSSR count). The second-order valence-corrected chi connectivity index (χ2v) is 2.11. The van der Waals surface area contributed by atoms with Gasteiger partial charge in [-0.05, 0) is 6.08 Å². The summed E-state index contributed by atoms with van der Waals surface area (Å²) in [5.41, 5.74) is 0. The Morgan fingerprint density at radius 3 is 3.00 bits per heavy atom. The van der Waals surface area contributed by atoms with Gasteiger partial charge < -0.3 is 4.90 Å². The first-order chi connectivity index (χ1) is 4.34. The van der Waals surface area contributed by atoms with E-state index in [0.29, 0.717) is 0 Å². The molecular formula is C7H12N2. The van der Waals surface area contributed by atoms with E-state index in [9.17, 15) is 0 Å². The predicted octanol–water partition coefficient (Wildman–Crippen LogP) is 1.25. The number of rotatable bonds is 1. The minimum absolute atomic E-state index is 0.855. The topological polar surface area (TPSA) is 15.6 Å². The molecule has 50 valence electrons. The van der Waals surface area contributed by atoms with Gasteiger partial charge in [0.15, 0.2) is 0 Å². The molecule has 1 aliphatic rings. The van der Waals surface area contributed by atoms with Crippen molar-refractivity contribution >= 4 is 5.84 Å². The maximum absolute atomic E-state index is 4.28. The molecule has 0 spiro atoms. The first kappa shape index (κ1) is 6.33. The molecule has 0 N–H and O–H groups in total. The Labute approximate surface area is 55.9 Å². The Bertz CT molecular complexity index is 147. The molecule has 0 aromatic rings. The summed E-state index contributed by atoms with van der Waals surface area (Å²) in [6.45, 7) is 2.97. The van der Waals surface area contributed by atoms with Crippen LogP contribution in [0.25, 0.3) is 0 Å². The molecule has 0 aromatic heterocycles. The van der Waals surface area contributed by atoms with Gasteiger partial charge in [-0.25, -0.2) is 0 Å². The number of hydrogen-bond donors (Lipinski definition) is 0. The largest absolute Gasteiger partial charge is 0.340 e. The van der Waals surface area contributed by atoms with Crippen LogP contribution in [0.2, 0.25) is 0 Å². The van der Waals surface area contributed by atoms with Gasteiger partial charge in [0.2, 0.25) is 0 Å². The van der Waals surface area contributed by atoms with Crippen LogP contribution in [0.5, 0.6) is 0 Å². The SMILES string of the molecule is CCC1=NCC=CN1C. The van der Waals surface area contributed by atoms with Gasteiger partial charge in [-0.1, -0.05) is 6.92 Å². The van der Waals surface area contributed by atoms with Crippen LogP contribution in [0.15, 0.2) is 17.3 Å². The summed E-state index contributed by atoms with van der Waals surface area (Å²) in [4.78, 5) is 6.34. The average molecular weight is 124 g/mol. The number of hydrogen-bond acceptors (Lipinski definition) is 2. The van der Waals surface area contributed by atoms with Crippen molar-refractivity contribution in [2.45, 2.75) is 13.3 Å². The predicted molar refractivity (Wildman–Crippen MR) is 39.5 cm³/mol. The van der Waals surface area contributed by atoms with Crippen LogP contribution >= 0.6 is 0 Å². The van der Waals surface area contributed by atoms with Crippen molar-refractivity contribution in [2.24, 2.45) is 4.99 Å². The molecule has 1 aliphatic heterocycles. The third-order valence-corrected chi connectivity index (χ3v) is 1.43. The summed E-state index contributed by atoms with van der Waals surface area (Å²) in [6, 6.07) is 0. The highest BCUT2D eigenvalue weighted by Crippen LogP contribution is 1.99. The normalized spacial score (nSPS) is 18.0. The number of aliphatic imine (C=N–C) groups is 1. The minimum Gasteiger partial charge on any atom is -0.340 e. The van der Waals surface area contributed by atoms with Crippen molar-refractivity contribution in [2.75, 3.05) is 13.6 Å². The van der Waals surface area contributed by atoms with Crippen LogP contribution in [-0.2, 0) is 0 Å². The van der Waals surface area contributed by atoms with Gasteiger partial charge in [0.05, 0.1) is 6.54 Å². The zero-order chi connectivity index (χ0) is 6.69. The monoisotopic (exact) mass is 124 g/mol. The van der Waals surface area contributed by atoms with Gasteiger partial charge in [-0.15, -0.1) is 0 Å². The molecule has 0 amide bonds. The molecule has 0 saturated carbocycles. The lowest BCUT2D eigenvalue weighted by Gasteiger charge is -2.18. The third kappa shape index (κ3) is 1.31. The van der Waals surface area contributed by atoms with E-state index < -0.39 is 0 Å². The molecular weight excluding hydrogens is 112 g/mol. The summed E-state index contributed by atoms with van der Waals surface area (Å²) in [5, 5.41) is 0. The van der Waals surface area contributed by atoms with Crippen LogP contribution in [0.1, 0.15) is 13.3 Å². The van der Waals surface area contributed by atoms with Crippen LogP contribution in [0, 0.1) is 0 Å². The fourth-order valence-electron chi connectivity index (χ4n) is 0.922. The van der Waals surface area contributed by atoms with E-state index in [4.69, 9.17) is 0 Å².